The molecule has 2 atom stereocenters. The zero-order valence-electron chi connectivity index (χ0n) is 18.3. The number of likely N-dealkylation sites (tertiary alicyclic amines) is 1. The molecule has 0 spiro atoms. The number of benzene rings is 2. The molecular formula is C25H30N4O2. The van der Waals surface area contributed by atoms with E-state index in [1.54, 1.807) is 0 Å². The minimum atomic E-state index is -0.0247. The van der Waals surface area contributed by atoms with Crippen molar-refractivity contribution in [1.82, 2.24) is 20.4 Å². The number of piperidine rings is 1. The Labute approximate surface area is 183 Å². The second-order valence-corrected chi connectivity index (χ2v) is 8.28. The van der Waals surface area contributed by atoms with E-state index in [1.165, 1.54) is 11.1 Å². The van der Waals surface area contributed by atoms with Crippen molar-refractivity contribution in [3.05, 3.63) is 71.6 Å². The van der Waals surface area contributed by atoms with Crippen molar-refractivity contribution in [2.24, 2.45) is 5.92 Å². The lowest BCUT2D eigenvalue weighted by Gasteiger charge is -2.32. The normalized spacial score (nSPS) is 17.9. The van der Waals surface area contributed by atoms with E-state index in [2.05, 4.69) is 46.3 Å². The van der Waals surface area contributed by atoms with Crippen molar-refractivity contribution in [2.45, 2.75) is 45.7 Å². The number of hydrogen-bond acceptors (Lipinski definition) is 5. The van der Waals surface area contributed by atoms with Crippen LogP contribution in [0.25, 0.3) is 11.4 Å². The molecule has 1 amide bonds. The highest BCUT2D eigenvalue weighted by Crippen LogP contribution is 2.24. The minimum Gasteiger partial charge on any atom is -0.349 e. The summed E-state index contributed by atoms with van der Waals surface area (Å²) >= 11 is 0. The van der Waals surface area contributed by atoms with E-state index < -0.39 is 0 Å². The first-order valence-corrected chi connectivity index (χ1v) is 11.1. The maximum Gasteiger partial charge on any atom is 0.241 e. The van der Waals surface area contributed by atoms with Gasteiger partial charge in [-0.3, -0.25) is 9.69 Å². The third kappa shape index (κ3) is 5.20. The summed E-state index contributed by atoms with van der Waals surface area (Å²) in [5, 5.41) is 7.39. The molecule has 0 radical (unpaired) electrons. The summed E-state index contributed by atoms with van der Waals surface area (Å²) in [5.41, 5.74) is 3.35. The van der Waals surface area contributed by atoms with Crippen molar-refractivity contribution in [2.75, 3.05) is 13.1 Å². The van der Waals surface area contributed by atoms with Gasteiger partial charge in [-0.15, -0.1) is 0 Å². The van der Waals surface area contributed by atoms with Crippen LogP contribution in [-0.4, -0.2) is 34.0 Å². The molecule has 1 aromatic heterocycles. The number of nitrogens with zero attached hydrogens (tertiary/aromatic N) is 3. The smallest absolute Gasteiger partial charge is 0.241 e. The highest BCUT2D eigenvalue weighted by Gasteiger charge is 2.28. The Kier molecular flexibility index (Phi) is 6.77. The van der Waals surface area contributed by atoms with E-state index in [-0.39, 0.29) is 17.9 Å². The molecule has 1 saturated heterocycles. The molecule has 1 N–H and O–H groups in total. The van der Waals surface area contributed by atoms with Crippen LogP contribution < -0.4 is 5.32 Å². The Bertz CT molecular complexity index is 1000. The molecule has 1 aliphatic heterocycles. The number of nitrogens with one attached hydrogen (secondary N) is 1. The first kappa shape index (κ1) is 21.2. The van der Waals surface area contributed by atoms with Crippen molar-refractivity contribution >= 4 is 5.91 Å². The Morgan fingerprint density at radius 1 is 1.19 bits per heavy atom. The molecule has 162 valence electrons. The summed E-state index contributed by atoms with van der Waals surface area (Å²) < 4.78 is 5.47. The average Bonchev–Trinajstić information content (AvgIpc) is 3.27. The van der Waals surface area contributed by atoms with Crippen LogP contribution in [-0.2, 0) is 11.3 Å². The van der Waals surface area contributed by atoms with Gasteiger partial charge >= 0.3 is 0 Å². The number of aryl methyl sites for hydroxylation is 1. The lowest BCUT2D eigenvalue weighted by Crippen LogP contribution is -2.43. The van der Waals surface area contributed by atoms with E-state index in [1.807, 2.05) is 42.5 Å². The van der Waals surface area contributed by atoms with E-state index in [4.69, 9.17) is 4.52 Å². The van der Waals surface area contributed by atoms with Gasteiger partial charge in [0.1, 0.15) is 0 Å². The van der Waals surface area contributed by atoms with E-state index in [9.17, 15) is 4.79 Å². The quantitative estimate of drug-likeness (QED) is 0.611. The predicted molar refractivity (Wildman–Crippen MR) is 120 cm³/mol. The number of hydrogen-bond donors (Lipinski definition) is 1. The summed E-state index contributed by atoms with van der Waals surface area (Å²) in [4.78, 5) is 19.8. The van der Waals surface area contributed by atoms with Gasteiger partial charge in [-0.2, -0.15) is 4.98 Å². The Hall–Kier alpha value is -2.99. The van der Waals surface area contributed by atoms with Gasteiger partial charge in [-0.1, -0.05) is 66.7 Å². The number of aromatic nitrogens is 2. The average molecular weight is 419 g/mol. The molecule has 31 heavy (non-hydrogen) atoms. The summed E-state index contributed by atoms with van der Waals surface area (Å²) in [6, 6.07) is 18.1. The van der Waals surface area contributed by atoms with E-state index >= 15 is 0 Å². The monoisotopic (exact) mass is 418 g/mol. The molecular weight excluding hydrogens is 388 g/mol. The Balaban J connectivity index is 1.36. The van der Waals surface area contributed by atoms with Crippen LogP contribution in [0.1, 0.15) is 49.2 Å². The second kappa shape index (κ2) is 9.88. The topological polar surface area (TPSA) is 71.3 Å². The maximum atomic E-state index is 13.0. The van der Waals surface area contributed by atoms with Gasteiger partial charge in [-0.05, 0) is 43.9 Å². The summed E-state index contributed by atoms with van der Waals surface area (Å²) in [7, 11) is 0. The van der Waals surface area contributed by atoms with Crippen molar-refractivity contribution < 1.29 is 9.32 Å². The maximum absolute atomic E-state index is 13.0. The minimum absolute atomic E-state index is 0.0247. The van der Waals surface area contributed by atoms with Crippen LogP contribution in [0.5, 0.6) is 0 Å². The highest BCUT2D eigenvalue weighted by atomic mass is 16.5. The van der Waals surface area contributed by atoms with Gasteiger partial charge in [-0.25, -0.2) is 0 Å². The second-order valence-electron chi connectivity index (χ2n) is 8.28. The molecule has 4 rings (SSSR count). The summed E-state index contributed by atoms with van der Waals surface area (Å²) in [6.45, 7) is 6.42. The van der Waals surface area contributed by atoms with Crippen LogP contribution in [0.15, 0.2) is 59.1 Å². The molecule has 1 aliphatic rings. The SMILES string of the molecule is CCC(NC(=O)C1CCCN(Cc2nc(-c3ccccc3)no2)C1)c1ccccc1C. The summed E-state index contributed by atoms with van der Waals surface area (Å²) in [6.07, 6.45) is 2.77. The van der Waals surface area contributed by atoms with Crippen LogP contribution in [0.2, 0.25) is 0 Å². The molecule has 0 aliphatic carbocycles. The zero-order valence-corrected chi connectivity index (χ0v) is 18.3. The molecule has 1 fully saturated rings. The lowest BCUT2D eigenvalue weighted by molar-refractivity contribution is -0.127. The molecule has 6 nitrogen and oxygen atoms in total. The van der Waals surface area contributed by atoms with Gasteiger partial charge in [0.2, 0.25) is 17.6 Å². The fourth-order valence-electron chi connectivity index (χ4n) is 4.30. The lowest BCUT2D eigenvalue weighted by atomic mass is 9.94. The van der Waals surface area contributed by atoms with Crippen molar-refractivity contribution in [1.29, 1.82) is 0 Å². The van der Waals surface area contributed by atoms with Crippen molar-refractivity contribution in [3.8, 4) is 11.4 Å². The fraction of sp³-hybridized carbons (Fsp3) is 0.400. The van der Waals surface area contributed by atoms with E-state index in [0.717, 1.165) is 31.4 Å². The molecule has 3 aromatic rings. The number of rotatable bonds is 7. The molecule has 0 saturated carbocycles. The molecule has 0 bridgehead atoms. The number of amides is 1. The molecule has 2 aromatic carbocycles. The van der Waals surface area contributed by atoms with Crippen LogP contribution in [0.4, 0.5) is 0 Å². The fourth-order valence-corrected chi connectivity index (χ4v) is 4.30. The van der Waals surface area contributed by atoms with Crippen LogP contribution in [0, 0.1) is 12.8 Å². The Morgan fingerprint density at radius 3 is 2.74 bits per heavy atom. The Morgan fingerprint density at radius 2 is 1.97 bits per heavy atom. The predicted octanol–water partition coefficient (Wildman–Crippen LogP) is 4.52. The van der Waals surface area contributed by atoms with Gasteiger partial charge < -0.3 is 9.84 Å². The first-order chi connectivity index (χ1) is 15.1. The molecule has 6 heteroatoms. The van der Waals surface area contributed by atoms with Gasteiger partial charge in [0.15, 0.2) is 0 Å². The highest BCUT2D eigenvalue weighted by molar-refractivity contribution is 5.79. The molecule has 2 unspecified atom stereocenters. The third-order valence-electron chi connectivity index (χ3n) is 6.02. The van der Waals surface area contributed by atoms with Gasteiger partial charge in [0.05, 0.1) is 18.5 Å². The van der Waals surface area contributed by atoms with Crippen LogP contribution in [0.3, 0.4) is 0 Å². The van der Waals surface area contributed by atoms with Crippen molar-refractivity contribution in [3.63, 3.8) is 0 Å². The zero-order chi connectivity index (χ0) is 21.6. The number of carbonyl (C=O) groups is 1. The van der Waals surface area contributed by atoms with Gasteiger partial charge in [0, 0.05) is 12.1 Å². The molecule has 2 heterocycles. The van der Waals surface area contributed by atoms with Crippen LogP contribution >= 0.6 is 0 Å². The van der Waals surface area contributed by atoms with E-state index in [0.29, 0.717) is 24.8 Å². The summed E-state index contributed by atoms with van der Waals surface area (Å²) in [5.74, 6) is 1.30. The number of carbonyl (C=O) groups excluding carboxylic acids is 1. The first-order valence-electron chi connectivity index (χ1n) is 11.1. The van der Waals surface area contributed by atoms with Gasteiger partial charge in [0.25, 0.3) is 0 Å². The largest absolute Gasteiger partial charge is 0.349 e. The standard InChI is InChI=1S/C25H30N4O2/c1-3-22(21-14-8-7-10-18(21)2)26-25(30)20-13-9-15-29(16-20)17-23-27-24(28-31-23)19-11-5-4-6-12-19/h4-8,10-12,14,20,22H,3,9,13,15-17H2,1-2H3,(H,26,30). The third-order valence-corrected chi connectivity index (χ3v) is 6.02.